The summed E-state index contributed by atoms with van der Waals surface area (Å²) in [4.78, 5) is 25.6. The van der Waals surface area contributed by atoms with E-state index in [-0.39, 0.29) is 6.03 Å². The lowest BCUT2D eigenvalue weighted by Gasteiger charge is -2.36. The van der Waals surface area contributed by atoms with Gasteiger partial charge in [0.25, 0.3) is 0 Å². The molecule has 0 aromatic heterocycles. The fourth-order valence-corrected chi connectivity index (χ4v) is 3.69. The van der Waals surface area contributed by atoms with Gasteiger partial charge in [-0.05, 0) is 31.6 Å². The summed E-state index contributed by atoms with van der Waals surface area (Å²) >= 11 is 0. The number of nitrogens with one attached hydrogen (secondary N) is 1. The predicted molar refractivity (Wildman–Crippen MR) is 81.2 cm³/mol. The minimum atomic E-state index is -1.05. The quantitative estimate of drug-likeness (QED) is 0.838. The van der Waals surface area contributed by atoms with Crippen LogP contribution in [0.3, 0.4) is 0 Å². The van der Waals surface area contributed by atoms with Gasteiger partial charge in [0.15, 0.2) is 0 Å². The minimum Gasteiger partial charge on any atom is -0.480 e. The summed E-state index contributed by atoms with van der Waals surface area (Å²) in [7, 11) is 1.78. The number of hydrogen-bond acceptors (Lipinski definition) is 2. The van der Waals surface area contributed by atoms with Crippen molar-refractivity contribution in [3.8, 4) is 0 Å². The highest BCUT2D eigenvalue weighted by Gasteiger charge is 2.41. The van der Waals surface area contributed by atoms with Gasteiger partial charge >= 0.3 is 12.0 Å². The molecule has 2 rings (SSSR count). The molecule has 120 valence electrons. The van der Waals surface area contributed by atoms with Crippen LogP contribution in [0.1, 0.15) is 64.2 Å². The molecular weight excluding hydrogens is 268 g/mol. The number of carboxylic acids is 1. The molecule has 21 heavy (non-hydrogen) atoms. The van der Waals surface area contributed by atoms with Gasteiger partial charge in [-0.2, -0.15) is 0 Å². The van der Waals surface area contributed by atoms with Crippen molar-refractivity contribution in [3.63, 3.8) is 0 Å². The first-order valence-electron chi connectivity index (χ1n) is 8.30. The van der Waals surface area contributed by atoms with Crippen molar-refractivity contribution in [1.82, 2.24) is 10.2 Å². The Morgan fingerprint density at radius 1 is 1.10 bits per heavy atom. The zero-order chi connectivity index (χ0) is 15.3. The minimum absolute atomic E-state index is 0.232. The van der Waals surface area contributed by atoms with Gasteiger partial charge in [-0.3, -0.25) is 0 Å². The Kier molecular flexibility index (Phi) is 5.48. The first-order chi connectivity index (χ1) is 10.0. The molecule has 2 fully saturated rings. The topological polar surface area (TPSA) is 69.6 Å². The van der Waals surface area contributed by atoms with Gasteiger partial charge in [-0.25, -0.2) is 9.59 Å². The van der Waals surface area contributed by atoms with E-state index in [1.807, 2.05) is 0 Å². The predicted octanol–water partition coefficient (Wildman–Crippen LogP) is 3.00. The van der Waals surface area contributed by atoms with E-state index >= 15 is 0 Å². The fraction of sp³-hybridized carbons (Fsp3) is 0.875. The number of nitrogens with zero attached hydrogens (tertiary/aromatic N) is 1. The van der Waals surface area contributed by atoms with Crippen LogP contribution in [0.4, 0.5) is 4.79 Å². The van der Waals surface area contributed by atoms with E-state index < -0.39 is 11.5 Å². The molecule has 5 heteroatoms. The molecule has 0 aliphatic heterocycles. The van der Waals surface area contributed by atoms with Gasteiger partial charge in [-0.15, -0.1) is 0 Å². The lowest BCUT2D eigenvalue weighted by Crippen LogP contribution is -2.58. The highest BCUT2D eigenvalue weighted by Crippen LogP contribution is 2.29. The molecule has 0 unspecified atom stereocenters. The molecule has 0 aromatic rings. The van der Waals surface area contributed by atoms with Crippen molar-refractivity contribution in [1.29, 1.82) is 0 Å². The summed E-state index contributed by atoms with van der Waals surface area (Å²) in [5.41, 5.74) is -1.05. The third-order valence-electron chi connectivity index (χ3n) is 5.07. The van der Waals surface area contributed by atoms with Crippen LogP contribution < -0.4 is 5.32 Å². The lowest BCUT2D eigenvalue weighted by atomic mass is 9.82. The number of carboxylic acid groups (broad SMARTS) is 1. The van der Waals surface area contributed by atoms with E-state index in [2.05, 4.69) is 5.32 Å². The highest BCUT2D eigenvalue weighted by molar-refractivity contribution is 5.86. The van der Waals surface area contributed by atoms with Crippen LogP contribution in [0.25, 0.3) is 0 Å². The standard InChI is InChI=1S/C16H28N2O3/c1-18(12-13-8-4-2-5-9-13)15(21)17-16(14(19)20)10-6-3-7-11-16/h13H,2-12H2,1H3,(H,17,21)(H,19,20). The van der Waals surface area contributed by atoms with Gasteiger partial charge in [-0.1, -0.05) is 38.5 Å². The molecule has 0 saturated heterocycles. The number of amides is 2. The van der Waals surface area contributed by atoms with Gasteiger partial charge in [0.2, 0.25) is 0 Å². The summed E-state index contributed by atoms with van der Waals surface area (Å²) in [5, 5.41) is 12.3. The number of carbonyl (C=O) groups is 2. The zero-order valence-electron chi connectivity index (χ0n) is 13.1. The molecule has 0 aromatic carbocycles. The number of carbonyl (C=O) groups excluding carboxylic acids is 1. The molecule has 2 N–H and O–H groups in total. The van der Waals surface area contributed by atoms with Crippen molar-refractivity contribution in [2.75, 3.05) is 13.6 Å². The average Bonchev–Trinajstić information content (AvgIpc) is 2.49. The normalized spacial score (nSPS) is 22.5. The Hall–Kier alpha value is -1.26. The number of rotatable bonds is 4. The van der Waals surface area contributed by atoms with Crippen LogP contribution in [0.5, 0.6) is 0 Å². The van der Waals surface area contributed by atoms with E-state index in [0.717, 1.165) is 25.8 Å². The largest absolute Gasteiger partial charge is 0.480 e. The van der Waals surface area contributed by atoms with E-state index in [1.54, 1.807) is 11.9 Å². The maximum absolute atomic E-state index is 12.3. The van der Waals surface area contributed by atoms with Crippen molar-refractivity contribution in [2.24, 2.45) is 5.92 Å². The molecular formula is C16H28N2O3. The monoisotopic (exact) mass is 296 g/mol. The Balaban J connectivity index is 1.90. The Morgan fingerprint density at radius 3 is 2.24 bits per heavy atom. The molecule has 0 radical (unpaired) electrons. The summed E-state index contributed by atoms with van der Waals surface area (Å²) in [6.45, 7) is 0.738. The average molecular weight is 296 g/mol. The summed E-state index contributed by atoms with van der Waals surface area (Å²) in [6, 6.07) is -0.232. The maximum Gasteiger partial charge on any atom is 0.329 e. The van der Waals surface area contributed by atoms with Crippen LogP contribution in [0.15, 0.2) is 0 Å². The molecule has 2 aliphatic rings. The molecule has 0 heterocycles. The number of hydrogen-bond donors (Lipinski definition) is 2. The Bertz CT molecular complexity index is 372. The first kappa shape index (κ1) is 16.1. The number of aliphatic carboxylic acids is 1. The second-order valence-corrected chi connectivity index (χ2v) is 6.76. The third kappa shape index (κ3) is 4.11. The summed E-state index contributed by atoms with van der Waals surface area (Å²) < 4.78 is 0. The van der Waals surface area contributed by atoms with E-state index in [4.69, 9.17) is 0 Å². The molecule has 0 bridgehead atoms. The number of urea groups is 1. The molecule has 2 amide bonds. The molecule has 2 aliphatic carbocycles. The van der Waals surface area contributed by atoms with Gasteiger partial charge in [0.1, 0.15) is 5.54 Å². The van der Waals surface area contributed by atoms with E-state index in [1.165, 1.54) is 32.1 Å². The summed E-state index contributed by atoms with van der Waals surface area (Å²) in [6.07, 6.45) is 10.1. The van der Waals surface area contributed by atoms with Crippen LogP contribution in [0, 0.1) is 5.92 Å². The SMILES string of the molecule is CN(CC1CCCCC1)C(=O)NC1(C(=O)O)CCCCC1. The van der Waals surface area contributed by atoms with Gasteiger partial charge in [0, 0.05) is 13.6 Å². The van der Waals surface area contributed by atoms with Crippen LogP contribution in [-0.2, 0) is 4.79 Å². The van der Waals surface area contributed by atoms with Crippen LogP contribution >= 0.6 is 0 Å². The third-order valence-corrected chi connectivity index (χ3v) is 5.07. The molecule has 0 spiro atoms. The van der Waals surface area contributed by atoms with Crippen molar-refractivity contribution in [3.05, 3.63) is 0 Å². The zero-order valence-corrected chi connectivity index (χ0v) is 13.1. The van der Waals surface area contributed by atoms with Crippen molar-refractivity contribution < 1.29 is 14.7 Å². The summed E-state index contributed by atoms with van der Waals surface area (Å²) in [5.74, 6) is -0.316. The fourth-order valence-electron chi connectivity index (χ4n) is 3.69. The maximum atomic E-state index is 12.3. The van der Waals surface area contributed by atoms with E-state index in [0.29, 0.717) is 18.8 Å². The second-order valence-electron chi connectivity index (χ2n) is 6.76. The van der Waals surface area contributed by atoms with Gasteiger partial charge < -0.3 is 15.3 Å². The van der Waals surface area contributed by atoms with Crippen LogP contribution in [0.2, 0.25) is 0 Å². The van der Waals surface area contributed by atoms with E-state index in [9.17, 15) is 14.7 Å². The lowest BCUT2D eigenvalue weighted by molar-refractivity contribution is -0.145. The van der Waals surface area contributed by atoms with Crippen molar-refractivity contribution in [2.45, 2.75) is 69.7 Å². The molecule has 0 atom stereocenters. The highest BCUT2D eigenvalue weighted by atomic mass is 16.4. The Labute approximate surface area is 127 Å². The first-order valence-corrected chi connectivity index (χ1v) is 8.30. The van der Waals surface area contributed by atoms with Crippen molar-refractivity contribution >= 4 is 12.0 Å². The van der Waals surface area contributed by atoms with Gasteiger partial charge in [0.05, 0.1) is 0 Å². The smallest absolute Gasteiger partial charge is 0.329 e. The second kappa shape index (κ2) is 7.14. The molecule has 5 nitrogen and oxygen atoms in total. The molecule has 2 saturated carbocycles. The Morgan fingerprint density at radius 2 is 1.67 bits per heavy atom. The van der Waals surface area contributed by atoms with Crippen LogP contribution in [-0.4, -0.2) is 41.1 Å².